The molecule has 7 heteroatoms. The van der Waals surface area contributed by atoms with Crippen LogP contribution in [0.1, 0.15) is 12.5 Å². The second-order valence-corrected chi connectivity index (χ2v) is 7.35. The summed E-state index contributed by atoms with van der Waals surface area (Å²) in [4.78, 5) is 6.11. The van der Waals surface area contributed by atoms with Crippen LogP contribution in [0.5, 0.6) is 5.75 Å². The highest BCUT2D eigenvalue weighted by atomic mass is 32.2. The largest absolute Gasteiger partial charge is 0.496 e. The molecule has 1 aromatic carbocycles. The van der Waals surface area contributed by atoms with Gasteiger partial charge < -0.3 is 15.0 Å². The van der Waals surface area contributed by atoms with E-state index in [1.165, 1.54) is 0 Å². The standard InChI is InChI=1S/C15H25N3O3S/c1-5-22(19,20)11-10-17-15(16-2)18(3)12-13-8-6-7-9-14(13)21-4/h6-9H,5,10-12H2,1-4H3,(H,16,17). The molecular weight excluding hydrogens is 302 g/mol. The van der Waals surface area contributed by atoms with Crippen molar-refractivity contribution >= 4 is 15.8 Å². The molecule has 1 aromatic rings. The molecule has 0 aliphatic heterocycles. The monoisotopic (exact) mass is 327 g/mol. The van der Waals surface area contributed by atoms with E-state index in [0.717, 1.165) is 11.3 Å². The predicted octanol–water partition coefficient (Wildman–Crippen LogP) is 1.14. The van der Waals surface area contributed by atoms with Crippen molar-refractivity contribution in [1.29, 1.82) is 0 Å². The zero-order chi connectivity index (χ0) is 16.6. The van der Waals surface area contributed by atoms with E-state index in [1.54, 1.807) is 21.1 Å². The molecule has 0 aliphatic rings. The van der Waals surface area contributed by atoms with Gasteiger partial charge in [0.2, 0.25) is 0 Å². The third-order valence-corrected chi connectivity index (χ3v) is 5.02. The topological polar surface area (TPSA) is 71.0 Å². The molecule has 0 fully saturated rings. The lowest BCUT2D eigenvalue weighted by Gasteiger charge is -2.23. The van der Waals surface area contributed by atoms with Crippen molar-refractivity contribution in [3.63, 3.8) is 0 Å². The van der Waals surface area contributed by atoms with Gasteiger partial charge in [0, 0.05) is 38.5 Å². The summed E-state index contributed by atoms with van der Waals surface area (Å²) in [7, 11) is 2.24. The average Bonchev–Trinajstić information content (AvgIpc) is 2.52. The number of aliphatic imine (C=N–C) groups is 1. The Morgan fingerprint density at radius 2 is 2.05 bits per heavy atom. The first-order chi connectivity index (χ1) is 10.4. The summed E-state index contributed by atoms with van der Waals surface area (Å²) in [6.07, 6.45) is 0. The lowest BCUT2D eigenvalue weighted by Crippen LogP contribution is -2.40. The number of hydrogen-bond donors (Lipinski definition) is 1. The molecule has 0 aliphatic carbocycles. The Labute approximate surface area is 133 Å². The first kappa shape index (κ1) is 18.3. The van der Waals surface area contributed by atoms with Crippen LogP contribution < -0.4 is 10.1 Å². The maximum atomic E-state index is 11.5. The number of hydrogen-bond acceptors (Lipinski definition) is 4. The maximum Gasteiger partial charge on any atom is 0.193 e. The van der Waals surface area contributed by atoms with Crippen LogP contribution in [0, 0.1) is 0 Å². The summed E-state index contributed by atoms with van der Waals surface area (Å²) in [6.45, 7) is 2.61. The van der Waals surface area contributed by atoms with E-state index in [1.807, 2.05) is 36.2 Å². The summed E-state index contributed by atoms with van der Waals surface area (Å²) in [6, 6.07) is 7.78. The molecule has 1 N–H and O–H groups in total. The molecule has 0 amide bonds. The highest BCUT2D eigenvalue weighted by Crippen LogP contribution is 2.18. The fourth-order valence-corrected chi connectivity index (χ4v) is 2.71. The molecule has 0 heterocycles. The second-order valence-electron chi connectivity index (χ2n) is 4.88. The van der Waals surface area contributed by atoms with Gasteiger partial charge in [-0.1, -0.05) is 25.1 Å². The van der Waals surface area contributed by atoms with Gasteiger partial charge in [-0.2, -0.15) is 0 Å². The minimum absolute atomic E-state index is 0.102. The molecule has 22 heavy (non-hydrogen) atoms. The van der Waals surface area contributed by atoms with E-state index in [4.69, 9.17) is 4.74 Å². The number of ether oxygens (including phenoxy) is 1. The van der Waals surface area contributed by atoms with E-state index in [0.29, 0.717) is 19.0 Å². The second kappa shape index (κ2) is 8.63. The summed E-state index contributed by atoms with van der Waals surface area (Å²) in [5, 5.41) is 3.07. The van der Waals surface area contributed by atoms with Crippen molar-refractivity contribution in [2.24, 2.45) is 4.99 Å². The lowest BCUT2D eigenvalue weighted by atomic mass is 10.2. The van der Waals surface area contributed by atoms with Gasteiger partial charge >= 0.3 is 0 Å². The molecule has 6 nitrogen and oxygen atoms in total. The molecule has 0 saturated heterocycles. The van der Waals surface area contributed by atoms with Gasteiger partial charge in [-0.3, -0.25) is 4.99 Å². The molecule has 0 unspecified atom stereocenters. The number of para-hydroxylation sites is 1. The van der Waals surface area contributed by atoms with Crippen LogP contribution in [0.15, 0.2) is 29.3 Å². The normalized spacial score (nSPS) is 12.1. The number of guanidine groups is 1. The van der Waals surface area contributed by atoms with Crippen molar-refractivity contribution in [3.05, 3.63) is 29.8 Å². The summed E-state index contributed by atoms with van der Waals surface area (Å²) < 4.78 is 28.3. The Balaban J connectivity index is 2.64. The summed E-state index contributed by atoms with van der Waals surface area (Å²) >= 11 is 0. The molecule has 0 radical (unpaired) electrons. The summed E-state index contributed by atoms with van der Waals surface area (Å²) in [5.74, 6) is 1.73. The van der Waals surface area contributed by atoms with Crippen molar-refractivity contribution in [1.82, 2.24) is 10.2 Å². The minimum Gasteiger partial charge on any atom is -0.496 e. The van der Waals surface area contributed by atoms with Gasteiger partial charge in [0.15, 0.2) is 15.8 Å². The molecule has 0 bridgehead atoms. The van der Waals surface area contributed by atoms with Crippen molar-refractivity contribution in [3.8, 4) is 5.75 Å². The Hall–Kier alpha value is -1.76. The number of benzene rings is 1. The van der Waals surface area contributed by atoms with Crippen LogP contribution in [0.4, 0.5) is 0 Å². The Morgan fingerprint density at radius 1 is 1.36 bits per heavy atom. The predicted molar refractivity (Wildman–Crippen MR) is 90.2 cm³/mol. The van der Waals surface area contributed by atoms with Crippen LogP contribution in [0.3, 0.4) is 0 Å². The van der Waals surface area contributed by atoms with E-state index >= 15 is 0 Å². The number of methoxy groups -OCH3 is 1. The van der Waals surface area contributed by atoms with E-state index < -0.39 is 9.84 Å². The lowest BCUT2D eigenvalue weighted by molar-refractivity contribution is 0.396. The van der Waals surface area contributed by atoms with E-state index in [9.17, 15) is 8.42 Å². The molecular formula is C15H25N3O3S. The maximum absolute atomic E-state index is 11.5. The SMILES string of the molecule is CCS(=O)(=O)CCNC(=NC)N(C)Cc1ccccc1OC. The molecule has 0 spiro atoms. The molecule has 0 aromatic heterocycles. The zero-order valence-corrected chi connectivity index (χ0v) is 14.5. The van der Waals surface area contributed by atoms with Gasteiger partial charge in [-0.05, 0) is 6.07 Å². The van der Waals surface area contributed by atoms with Crippen molar-refractivity contribution in [2.75, 3.05) is 39.3 Å². The van der Waals surface area contributed by atoms with Crippen LogP contribution in [-0.4, -0.2) is 58.5 Å². The van der Waals surface area contributed by atoms with Gasteiger partial charge in [-0.25, -0.2) is 8.42 Å². The molecule has 0 atom stereocenters. The van der Waals surface area contributed by atoms with Gasteiger partial charge in [-0.15, -0.1) is 0 Å². The molecule has 124 valence electrons. The van der Waals surface area contributed by atoms with Crippen LogP contribution in [0.25, 0.3) is 0 Å². The minimum atomic E-state index is -2.97. The van der Waals surface area contributed by atoms with Gasteiger partial charge in [0.05, 0.1) is 12.9 Å². The van der Waals surface area contributed by atoms with Crippen LogP contribution >= 0.6 is 0 Å². The van der Waals surface area contributed by atoms with Gasteiger partial charge in [0.1, 0.15) is 5.75 Å². The van der Waals surface area contributed by atoms with E-state index in [2.05, 4.69) is 10.3 Å². The fraction of sp³-hybridized carbons (Fsp3) is 0.533. The van der Waals surface area contributed by atoms with Crippen LogP contribution in [-0.2, 0) is 16.4 Å². The smallest absolute Gasteiger partial charge is 0.193 e. The van der Waals surface area contributed by atoms with Gasteiger partial charge in [0.25, 0.3) is 0 Å². The summed E-state index contributed by atoms with van der Waals surface area (Å²) in [5.41, 5.74) is 1.04. The van der Waals surface area contributed by atoms with E-state index in [-0.39, 0.29) is 11.5 Å². The van der Waals surface area contributed by atoms with Crippen molar-refractivity contribution in [2.45, 2.75) is 13.5 Å². The average molecular weight is 327 g/mol. The first-order valence-electron chi connectivity index (χ1n) is 7.17. The zero-order valence-electron chi connectivity index (χ0n) is 13.7. The Morgan fingerprint density at radius 3 is 2.64 bits per heavy atom. The van der Waals surface area contributed by atoms with Crippen LogP contribution in [0.2, 0.25) is 0 Å². The highest BCUT2D eigenvalue weighted by molar-refractivity contribution is 7.91. The number of rotatable bonds is 7. The quantitative estimate of drug-likeness (QED) is 0.601. The number of sulfone groups is 1. The molecule has 1 rings (SSSR count). The first-order valence-corrected chi connectivity index (χ1v) is 8.99. The third kappa shape index (κ3) is 5.55. The fourth-order valence-electron chi connectivity index (χ4n) is 2.01. The highest BCUT2D eigenvalue weighted by Gasteiger charge is 2.11. The Kier molecular flexibility index (Phi) is 7.17. The van der Waals surface area contributed by atoms with Crippen molar-refractivity contribution < 1.29 is 13.2 Å². The molecule has 0 saturated carbocycles. The Bertz CT molecular complexity index is 600. The third-order valence-electron chi connectivity index (χ3n) is 3.31. The number of nitrogens with one attached hydrogen (secondary N) is 1. The number of nitrogens with zero attached hydrogens (tertiary/aromatic N) is 2.